The molecule has 0 spiro atoms. The van der Waals surface area contributed by atoms with Crippen molar-refractivity contribution in [3.63, 3.8) is 0 Å². The van der Waals surface area contributed by atoms with Crippen LogP contribution in [0.5, 0.6) is 0 Å². The van der Waals surface area contributed by atoms with E-state index in [2.05, 4.69) is 24.6 Å². The number of rotatable bonds is 7. The topological polar surface area (TPSA) is 136 Å². The normalized spacial score (nSPS) is 8.92. The number of hydrogen-bond donors (Lipinski definition) is 3. The van der Waals surface area contributed by atoms with Gasteiger partial charge in [0.1, 0.15) is 0 Å². The molecule has 0 aliphatic carbocycles. The van der Waals surface area contributed by atoms with Crippen LogP contribution in [-0.2, 0) is 14.4 Å². The van der Waals surface area contributed by atoms with Crippen molar-refractivity contribution in [1.82, 2.24) is 14.9 Å². The standard InChI is InChI=1S/C3H6N6O3Si/c4-8-9-13(5-1-10,6-2-11)7-3-12/h1-3H,(H,5,10)(H,6,11)(H,7,12). The molecule has 0 aromatic heterocycles. The highest BCUT2D eigenvalue weighted by Crippen LogP contribution is 1.87. The van der Waals surface area contributed by atoms with Crippen LogP contribution >= 0.6 is 0 Å². The summed E-state index contributed by atoms with van der Waals surface area (Å²) in [4.78, 5) is 38.8. The third-order valence-corrected chi connectivity index (χ3v) is 2.99. The Kier molecular flexibility index (Phi) is 4.69. The van der Waals surface area contributed by atoms with Gasteiger partial charge in [0.2, 0.25) is 19.2 Å². The zero-order valence-electron chi connectivity index (χ0n) is 6.30. The maximum Gasteiger partial charge on any atom is 0.469 e. The van der Waals surface area contributed by atoms with Gasteiger partial charge in [-0.15, -0.1) is 0 Å². The maximum absolute atomic E-state index is 10.1. The molecule has 9 nitrogen and oxygen atoms in total. The van der Waals surface area contributed by atoms with Gasteiger partial charge in [-0.2, -0.15) is 0 Å². The molecule has 0 heterocycles. The summed E-state index contributed by atoms with van der Waals surface area (Å²) in [6.07, 6.45) is 0.649. The summed E-state index contributed by atoms with van der Waals surface area (Å²) in [5.41, 5.74) is 8.11. The minimum absolute atomic E-state index is 0.216. The second kappa shape index (κ2) is 5.57. The Morgan fingerprint density at radius 2 is 1.46 bits per heavy atom. The van der Waals surface area contributed by atoms with Gasteiger partial charge in [0.25, 0.3) is 0 Å². The number of nitrogens with zero attached hydrogens (tertiary/aromatic N) is 3. The van der Waals surface area contributed by atoms with Crippen LogP contribution in [-0.4, -0.2) is 28.0 Å². The highest BCUT2D eigenvalue weighted by atomic mass is 28.4. The highest BCUT2D eigenvalue weighted by molar-refractivity contribution is 6.75. The lowest BCUT2D eigenvalue weighted by Crippen LogP contribution is -2.70. The van der Waals surface area contributed by atoms with Crippen molar-refractivity contribution in [1.29, 1.82) is 0 Å². The third kappa shape index (κ3) is 3.22. The van der Waals surface area contributed by atoms with Crippen molar-refractivity contribution in [2.24, 2.45) is 4.78 Å². The number of azide groups is 1. The third-order valence-electron chi connectivity index (χ3n) is 0.998. The number of carbonyl (C=O) groups excluding carboxylic acids is 3. The Hall–Kier alpha value is -2.06. The fourth-order valence-electron chi connectivity index (χ4n) is 0.535. The number of amides is 3. The van der Waals surface area contributed by atoms with Crippen LogP contribution in [0.25, 0.3) is 10.4 Å². The van der Waals surface area contributed by atoms with E-state index in [1.807, 2.05) is 0 Å². The van der Waals surface area contributed by atoms with Crippen molar-refractivity contribution >= 4 is 28.0 Å². The first-order valence-electron chi connectivity index (χ1n) is 2.95. The Morgan fingerprint density at radius 3 is 1.69 bits per heavy atom. The molecular weight excluding hydrogens is 196 g/mol. The predicted molar refractivity (Wildman–Crippen MR) is 42.5 cm³/mol. The van der Waals surface area contributed by atoms with E-state index in [-0.39, 0.29) is 19.2 Å². The van der Waals surface area contributed by atoms with Crippen molar-refractivity contribution in [3.05, 3.63) is 10.4 Å². The van der Waals surface area contributed by atoms with Crippen LogP contribution in [0.1, 0.15) is 0 Å². The van der Waals surface area contributed by atoms with E-state index in [1.165, 1.54) is 0 Å². The van der Waals surface area contributed by atoms with Crippen molar-refractivity contribution in [2.45, 2.75) is 0 Å². The van der Waals surface area contributed by atoms with E-state index in [9.17, 15) is 14.4 Å². The fourth-order valence-corrected chi connectivity index (χ4v) is 1.60. The van der Waals surface area contributed by atoms with Gasteiger partial charge in [0.05, 0.1) is 0 Å². The smallest absolute Gasteiger partial charge is 0.348 e. The Balaban J connectivity index is 4.75. The van der Waals surface area contributed by atoms with Gasteiger partial charge in [-0.05, 0) is 10.3 Å². The van der Waals surface area contributed by atoms with E-state index in [1.54, 1.807) is 0 Å². The minimum Gasteiger partial charge on any atom is -0.348 e. The zero-order valence-corrected chi connectivity index (χ0v) is 7.30. The molecule has 3 N–H and O–H groups in total. The second-order valence-corrected chi connectivity index (χ2v) is 4.17. The van der Waals surface area contributed by atoms with Gasteiger partial charge in [-0.3, -0.25) is 14.4 Å². The average Bonchev–Trinajstić information content (AvgIpc) is 2.06. The fraction of sp³-hybridized carbons (Fsp3) is 0. The van der Waals surface area contributed by atoms with Crippen LogP contribution in [0.15, 0.2) is 4.78 Å². The van der Waals surface area contributed by atoms with Crippen molar-refractivity contribution in [2.75, 3.05) is 0 Å². The van der Waals surface area contributed by atoms with Crippen molar-refractivity contribution in [3.8, 4) is 0 Å². The van der Waals surface area contributed by atoms with E-state index in [4.69, 9.17) is 5.53 Å². The van der Waals surface area contributed by atoms with E-state index >= 15 is 0 Å². The lowest BCUT2D eigenvalue weighted by atomic mass is 11.5. The summed E-state index contributed by atoms with van der Waals surface area (Å²) in [7, 11) is -3.44. The lowest BCUT2D eigenvalue weighted by Gasteiger charge is -2.21. The number of hydrogen-bond acceptors (Lipinski definition) is 4. The molecule has 10 heteroatoms. The lowest BCUT2D eigenvalue weighted by molar-refractivity contribution is -0.108. The molecule has 0 radical (unpaired) electrons. The average molecular weight is 202 g/mol. The molecule has 13 heavy (non-hydrogen) atoms. The molecule has 3 amide bonds. The molecule has 0 atom stereocenters. The van der Waals surface area contributed by atoms with Gasteiger partial charge < -0.3 is 14.9 Å². The summed E-state index contributed by atoms with van der Waals surface area (Å²) < 4.78 is 3.12. The van der Waals surface area contributed by atoms with Gasteiger partial charge in [-0.25, -0.2) is 0 Å². The predicted octanol–water partition coefficient (Wildman–Crippen LogP) is -2.03. The van der Waals surface area contributed by atoms with Crippen LogP contribution in [0.3, 0.4) is 0 Å². The van der Waals surface area contributed by atoms with Crippen LogP contribution in [0.4, 0.5) is 0 Å². The quantitative estimate of drug-likeness (QED) is 0.144. The molecule has 0 unspecified atom stereocenters. The molecule has 0 rings (SSSR count). The Labute approximate surface area is 73.4 Å². The number of carbonyl (C=O) groups is 3. The number of nitrogens with one attached hydrogen (secondary N) is 3. The van der Waals surface area contributed by atoms with E-state index < -0.39 is 8.72 Å². The monoisotopic (exact) mass is 202 g/mol. The Morgan fingerprint density at radius 1 is 1.08 bits per heavy atom. The molecule has 0 aliphatic heterocycles. The summed E-state index contributed by atoms with van der Waals surface area (Å²) in [6.45, 7) is 0. The first-order valence-corrected chi connectivity index (χ1v) is 4.89. The summed E-state index contributed by atoms with van der Waals surface area (Å²) in [5.74, 6) is 0. The largest absolute Gasteiger partial charge is 0.469 e. The molecule has 0 aromatic carbocycles. The molecule has 0 bridgehead atoms. The summed E-state index contributed by atoms with van der Waals surface area (Å²) in [5, 5.41) is 0. The molecular formula is C3H6N6O3Si. The van der Waals surface area contributed by atoms with Crippen LogP contribution in [0, 0.1) is 0 Å². The molecule has 0 fully saturated rings. The highest BCUT2D eigenvalue weighted by Gasteiger charge is 2.33. The maximum atomic E-state index is 10.1. The van der Waals surface area contributed by atoms with E-state index in [0.29, 0.717) is 0 Å². The second-order valence-electron chi connectivity index (χ2n) is 1.69. The Bertz CT molecular complexity index is 223. The molecule has 70 valence electrons. The SMILES string of the molecule is [N-]=[N+]=N[Si](NC=O)(NC=O)NC=O. The van der Waals surface area contributed by atoms with Gasteiger partial charge in [-0.1, -0.05) is 0 Å². The van der Waals surface area contributed by atoms with Gasteiger partial charge in [0, 0.05) is 4.91 Å². The molecule has 0 saturated heterocycles. The molecule has 0 aliphatic rings. The summed E-state index contributed by atoms with van der Waals surface area (Å²) in [6, 6.07) is 0. The van der Waals surface area contributed by atoms with Crippen molar-refractivity contribution < 1.29 is 14.4 Å². The minimum atomic E-state index is -3.44. The molecule has 0 aromatic rings. The van der Waals surface area contributed by atoms with Gasteiger partial charge >= 0.3 is 8.72 Å². The van der Waals surface area contributed by atoms with Gasteiger partial charge in [0.15, 0.2) is 0 Å². The first kappa shape index (κ1) is 10.9. The zero-order chi connectivity index (χ0) is 10.2. The van der Waals surface area contributed by atoms with E-state index in [0.717, 1.165) is 0 Å². The van der Waals surface area contributed by atoms with Crippen LogP contribution < -0.4 is 14.9 Å². The molecule has 0 saturated carbocycles. The van der Waals surface area contributed by atoms with Crippen LogP contribution in [0.2, 0.25) is 0 Å². The summed E-state index contributed by atoms with van der Waals surface area (Å²) >= 11 is 0. The first-order chi connectivity index (χ1) is 6.24.